The highest BCUT2D eigenvalue weighted by Gasteiger charge is 2.19. The third-order valence-electron chi connectivity index (χ3n) is 2.92. The number of aryl methyl sites for hydroxylation is 2. The van der Waals surface area contributed by atoms with Crippen molar-refractivity contribution in [1.29, 1.82) is 0 Å². The van der Waals surface area contributed by atoms with Crippen LogP contribution in [0.3, 0.4) is 0 Å². The standard InChI is InChI=1S/C12H18N2O2.ClH/c1-8-7-9(2)16-11(8)12(15)14-10-3-5-13-6-4-10;/h7,10,13H,3-6H2,1-2H3,(H,14,15);1H. The molecular formula is C12H19ClN2O2. The lowest BCUT2D eigenvalue weighted by Gasteiger charge is -2.23. The number of hydrogen-bond donors (Lipinski definition) is 2. The molecule has 1 aromatic rings. The summed E-state index contributed by atoms with van der Waals surface area (Å²) in [5.41, 5.74) is 0.906. The van der Waals surface area contributed by atoms with Gasteiger partial charge in [-0.1, -0.05) is 0 Å². The van der Waals surface area contributed by atoms with Gasteiger partial charge in [-0.05, 0) is 45.8 Å². The number of carbonyl (C=O) groups excluding carboxylic acids is 1. The van der Waals surface area contributed by atoms with E-state index in [0.29, 0.717) is 5.76 Å². The molecule has 1 aromatic heterocycles. The van der Waals surface area contributed by atoms with Crippen molar-refractivity contribution >= 4 is 18.3 Å². The lowest BCUT2D eigenvalue weighted by Crippen LogP contribution is -2.42. The fourth-order valence-electron chi connectivity index (χ4n) is 2.08. The number of carbonyl (C=O) groups is 1. The van der Waals surface area contributed by atoms with Crippen LogP contribution in [-0.4, -0.2) is 25.0 Å². The van der Waals surface area contributed by atoms with Crippen molar-refractivity contribution in [1.82, 2.24) is 10.6 Å². The van der Waals surface area contributed by atoms with Gasteiger partial charge in [-0.25, -0.2) is 0 Å². The van der Waals surface area contributed by atoms with Crippen LogP contribution in [0.15, 0.2) is 10.5 Å². The fraction of sp³-hybridized carbons (Fsp3) is 0.583. The Morgan fingerprint density at radius 1 is 1.41 bits per heavy atom. The number of nitrogens with one attached hydrogen (secondary N) is 2. The number of rotatable bonds is 2. The van der Waals surface area contributed by atoms with Crippen molar-refractivity contribution in [3.05, 3.63) is 23.2 Å². The molecule has 0 spiro atoms. The number of amides is 1. The van der Waals surface area contributed by atoms with Crippen LogP contribution in [0.5, 0.6) is 0 Å². The van der Waals surface area contributed by atoms with E-state index < -0.39 is 0 Å². The van der Waals surface area contributed by atoms with Gasteiger partial charge >= 0.3 is 0 Å². The molecule has 5 heteroatoms. The molecule has 96 valence electrons. The largest absolute Gasteiger partial charge is 0.456 e. The molecule has 0 atom stereocenters. The molecule has 1 aliphatic heterocycles. The minimum Gasteiger partial charge on any atom is -0.456 e. The first-order valence-corrected chi connectivity index (χ1v) is 5.75. The third-order valence-corrected chi connectivity index (χ3v) is 2.92. The van der Waals surface area contributed by atoms with Gasteiger partial charge in [0.25, 0.3) is 5.91 Å². The Morgan fingerprint density at radius 2 is 2.06 bits per heavy atom. The summed E-state index contributed by atoms with van der Waals surface area (Å²) < 4.78 is 5.39. The van der Waals surface area contributed by atoms with Crippen molar-refractivity contribution in [2.75, 3.05) is 13.1 Å². The maximum absolute atomic E-state index is 11.9. The molecule has 0 aliphatic carbocycles. The van der Waals surface area contributed by atoms with Gasteiger partial charge in [0.05, 0.1) is 0 Å². The smallest absolute Gasteiger partial charge is 0.287 e. The quantitative estimate of drug-likeness (QED) is 0.851. The molecule has 1 aliphatic rings. The molecule has 17 heavy (non-hydrogen) atoms. The topological polar surface area (TPSA) is 54.3 Å². The van der Waals surface area contributed by atoms with Crippen LogP contribution < -0.4 is 10.6 Å². The maximum atomic E-state index is 11.9. The van der Waals surface area contributed by atoms with E-state index in [1.807, 2.05) is 19.9 Å². The van der Waals surface area contributed by atoms with Crippen molar-refractivity contribution in [3.63, 3.8) is 0 Å². The average molecular weight is 259 g/mol. The molecule has 1 fully saturated rings. The second-order valence-corrected chi connectivity index (χ2v) is 4.37. The molecule has 1 amide bonds. The zero-order valence-electron chi connectivity index (χ0n) is 10.2. The van der Waals surface area contributed by atoms with Crippen molar-refractivity contribution in [2.45, 2.75) is 32.7 Å². The van der Waals surface area contributed by atoms with E-state index in [4.69, 9.17) is 4.42 Å². The summed E-state index contributed by atoms with van der Waals surface area (Å²) >= 11 is 0. The molecule has 2 N–H and O–H groups in total. The van der Waals surface area contributed by atoms with Gasteiger partial charge in [0, 0.05) is 11.6 Å². The molecule has 0 radical (unpaired) electrons. The average Bonchev–Trinajstić information content (AvgIpc) is 2.59. The SMILES string of the molecule is Cc1cc(C)c(C(=O)NC2CCNCC2)o1.Cl. The highest BCUT2D eigenvalue weighted by molar-refractivity contribution is 5.93. The van der Waals surface area contributed by atoms with E-state index in [2.05, 4.69) is 10.6 Å². The minimum absolute atomic E-state index is 0. The molecule has 0 unspecified atom stereocenters. The van der Waals surface area contributed by atoms with Gasteiger partial charge in [-0.2, -0.15) is 0 Å². The Kier molecular flexibility index (Phi) is 5.02. The number of halogens is 1. The van der Waals surface area contributed by atoms with Gasteiger partial charge in [0.2, 0.25) is 0 Å². The fourth-order valence-corrected chi connectivity index (χ4v) is 2.08. The number of piperidine rings is 1. The monoisotopic (exact) mass is 258 g/mol. The molecule has 0 aromatic carbocycles. The molecule has 1 saturated heterocycles. The second kappa shape index (κ2) is 6.07. The van der Waals surface area contributed by atoms with Gasteiger partial charge in [0.15, 0.2) is 5.76 Å². The third kappa shape index (κ3) is 3.48. The van der Waals surface area contributed by atoms with Crippen molar-refractivity contribution in [2.24, 2.45) is 0 Å². The predicted octanol–water partition coefficient (Wildman–Crippen LogP) is 1.80. The first-order chi connectivity index (χ1) is 7.66. The van der Waals surface area contributed by atoms with Gasteiger partial charge in [0.1, 0.15) is 5.76 Å². The Bertz CT molecular complexity index is 384. The van der Waals surface area contributed by atoms with E-state index in [1.54, 1.807) is 0 Å². The first-order valence-electron chi connectivity index (χ1n) is 5.75. The number of hydrogen-bond acceptors (Lipinski definition) is 3. The summed E-state index contributed by atoms with van der Waals surface area (Å²) in [6, 6.07) is 2.16. The van der Waals surface area contributed by atoms with Crippen LogP contribution in [0.1, 0.15) is 34.7 Å². The summed E-state index contributed by atoms with van der Waals surface area (Å²) in [4.78, 5) is 11.9. The van der Waals surface area contributed by atoms with E-state index in [-0.39, 0.29) is 24.4 Å². The van der Waals surface area contributed by atoms with Gasteiger partial charge in [-0.15, -0.1) is 12.4 Å². The van der Waals surface area contributed by atoms with Crippen molar-refractivity contribution in [3.8, 4) is 0 Å². The van der Waals surface area contributed by atoms with E-state index in [0.717, 1.165) is 37.3 Å². The van der Waals surface area contributed by atoms with E-state index in [9.17, 15) is 4.79 Å². The predicted molar refractivity (Wildman–Crippen MR) is 68.8 cm³/mol. The van der Waals surface area contributed by atoms with Gasteiger partial charge < -0.3 is 15.1 Å². The maximum Gasteiger partial charge on any atom is 0.287 e. The van der Waals surface area contributed by atoms with E-state index >= 15 is 0 Å². The lowest BCUT2D eigenvalue weighted by atomic mass is 10.1. The summed E-state index contributed by atoms with van der Waals surface area (Å²) in [5.74, 6) is 1.15. The van der Waals surface area contributed by atoms with Crippen LogP contribution in [0.4, 0.5) is 0 Å². The van der Waals surface area contributed by atoms with E-state index in [1.165, 1.54) is 0 Å². The Balaban J connectivity index is 0.00000144. The second-order valence-electron chi connectivity index (χ2n) is 4.37. The Labute approximate surface area is 108 Å². The van der Waals surface area contributed by atoms with Crippen LogP contribution in [0.2, 0.25) is 0 Å². The van der Waals surface area contributed by atoms with Gasteiger partial charge in [-0.3, -0.25) is 4.79 Å². The normalized spacial score (nSPS) is 16.4. The molecule has 4 nitrogen and oxygen atoms in total. The molecule has 2 heterocycles. The number of furan rings is 1. The first kappa shape index (κ1) is 14.1. The lowest BCUT2D eigenvalue weighted by molar-refractivity contribution is 0.0899. The van der Waals surface area contributed by atoms with Crippen LogP contribution >= 0.6 is 12.4 Å². The highest BCUT2D eigenvalue weighted by Crippen LogP contribution is 2.14. The summed E-state index contributed by atoms with van der Waals surface area (Å²) in [5, 5.41) is 6.29. The molecule has 0 saturated carbocycles. The zero-order valence-corrected chi connectivity index (χ0v) is 11.0. The summed E-state index contributed by atoms with van der Waals surface area (Å²) in [6.07, 6.45) is 1.98. The summed E-state index contributed by atoms with van der Waals surface area (Å²) in [7, 11) is 0. The van der Waals surface area contributed by atoms with Crippen LogP contribution in [-0.2, 0) is 0 Å². The summed E-state index contributed by atoms with van der Waals surface area (Å²) in [6.45, 7) is 5.70. The Morgan fingerprint density at radius 3 is 2.59 bits per heavy atom. The highest BCUT2D eigenvalue weighted by atomic mass is 35.5. The molecular weight excluding hydrogens is 240 g/mol. The minimum atomic E-state index is -0.0856. The zero-order chi connectivity index (χ0) is 11.5. The molecule has 2 rings (SSSR count). The van der Waals surface area contributed by atoms with Crippen LogP contribution in [0, 0.1) is 13.8 Å². The molecule has 0 bridgehead atoms. The van der Waals surface area contributed by atoms with Crippen LogP contribution in [0.25, 0.3) is 0 Å². The van der Waals surface area contributed by atoms with Crippen molar-refractivity contribution < 1.29 is 9.21 Å². The Hall–Kier alpha value is -1.00.